The first-order chi connectivity index (χ1) is 23.8. The van der Waals surface area contributed by atoms with Gasteiger partial charge in [-0.05, 0) is 110 Å². The maximum absolute atomic E-state index is 2.46. The lowest BCUT2D eigenvalue weighted by atomic mass is 9.80. The van der Waals surface area contributed by atoms with Crippen molar-refractivity contribution >= 4 is 64.6 Å². The summed E-state index contributed by atoms with van der Waals surface area (Å²) in [6.07, 6.45) is 0. The minimum atomic E-state index is 1.23. The van der Waals surface area contributed by atoms with Crippen LogP contribution >= 0.6 is 0 Å². The standard InChI is InChI=1S/C48H30/c1-3-15-31(16-4-1)42-30-44-45(33-18-5-2-6-19-33)40-25-13-14-26-41(40)47(48(44)39-24-12-9-21-36(39)42)43-29-34-28-27-32-17-7-8-20-35(32)46(34)38-23-11-10-22-37(38)43/h1-30H. The van der Waals surface area contributed by atoms with Gasteiger partial charge in [-0.15, -0.1) is 0 Å². The molecule has 0 amide bonds. The Labute approximate surface area is 279 Å². The average molecular weight is 607 g/mol. The Morgan fingerprint density at radius 1 is 0.229 bits per heavy atom. The van der Waals surface area contributed by atoms with Crippen LogP contribution in [0.3, 0.4) is 0 Å². The lowest BCUT2D eigenvalue weighted by Gasteiger charge is -2.22. The van der Waals surface area contributed by atoms with Gasteiger partial charge in [0.05, 0.1) is 0 Å². The zero-order valence-electron chi connectivity index (χ0n) is 26.3. The van der Waals surface area contributed by atoms with E-state index in [1.54, 1.807) is 0 Å². The second-order valence-electron chi connectivity index (χ2n) is 12.8. The summed E-state index contributed by atoms with van der Waals surface area (Å²) >= 11 is 0. The van der Waals surface area contributed by atoms with Gasteiger partial charge in [0, 0.05) is 0 Å². The molecule has 0 nitrogen and oxygen atoms in total. The van der Waals surface area contributed by atoms with E-state index in [-0.39, 0.29) is 0 Å². The molecule has 0 heteroatoms. The Bertz CT molecular complexity index is 2860. The number of fused-ring (bicyclic) bond motifs is 9. The first-order valence-corrected chi connectivity index (χ1v) is 16.7. The first-order valence-electron chi connectivity index (χ1n) is 16.7. The summed E-state index contributed by atoms with van der Waals surface area (Å²) in [6.45, 7) is 0. The van der Waals surface area contributed by atoms with Crippen molar-refractivity contribution in [2.45, 2.75) is 0 Å². The highest BCUT2D eigenvalue weighted by Crippen LogP contribution is 2.50. The molecule has 0 aliphatic carbocycles. The number of hydrogen-bond acceptors (Lipinski definition) is 0. The van der Waals surface area contributed by atoms with Crippen LogP contribution in [0.1, 0.15) is 0 Å². The molecule has 0 aromatic heterocycles. The topological polar surface area (TPSA) is 0 Å². The van der Waals surface area contributed by atoms with Crippen molar-refractivity contribution in [2.24, 2.45) is 0 Å². The summed E-state index contributed by atoms with van der Waals surface area (Å²) in [5.74, 6) is 0. The predicted molar refractivity (Wildman–Crippen MR) is 208 cm³/mol. The highest BCUT2D eigenvalue weighted by Gasteiger charge is 2.22. The first kappa shape index (κ1) is 26.9. The van der Waals surface area contributed by atoms with Crippen LogP contribution in [0.2, 0.25) is 0 Å². The smallest absolute Gasteiger partial charge is 0.00134 e. The van der Waals surface area contributed by atoms with E-state index in [0.717, 1.165) is 0 Å². The second kappa shape index (κ2) is 10.7. The van der Waals surface area contributed by atoms with Crippen LogP contribution in [0.5, 0.6) is 0 Å². The van der Waals surface area contributed by atoms with E-state index in [4.69, 9.17) is 0 Å². The summed E-state index contributed by atoms with van der Waals surface area (Å²) in [4.78, 5) is 0. The fraction of sp³-hybridized carbons (Fsp3) is 0. The monoisotopic (exact) mass is 606 g/mol. The van der Waals surface area contributed by atoms with Crippen molar-refractivity contribution < 1.29 is 0 Å². The second-order valence-corrected chi connectivity index (χ2v) is 12.8. The molecule has 0 aliphatic rings. The Balaban J connectivity index is 1.47. The lowest BCUT2D eigenvalue weighted by molar-refractivity contribution is 1.65. The molecule has 0 saturated carbocycles. The Morgan fingerprint density at radius 2 is 0.708 bits per heavy atom. The fourth-order valence-electron chi connectivity index (χ4n) is 8.18. The highest BCUT2D eigenvalue weighted by atomic mass is 14.2. The van der Waals surface area contributed by atoms with Crippen LogP contribution in [-0.2, 0) is 0 Å². The number of hydrogen-bond donors (Lipinski definition) is 0. The molecule has 10 aromatic carbocycles. The van der Waals surface area contributed by atoms with E-state index in [1.807, 2.05) is 0 Å². The highest BCUT2D eigenvalue weighted by molar-refractivity contribution is 6.33. The van der Waals surface area contributed by atoms with Crippen molar-refractivity contribution in [3.63, 3.8) is 0 Å². The molecule has 0 radical (unpaired) electrons. The molecule has 0 saturated heterocycles. The summed E-state index contributed by atoms with van der Waals surface area (Å²) in [6, 6.07) is 67.1. The summed E-state index contributed by atoms with van der Waals surface area (Å²) in [5, 5.41) is 15.4. The molecule has 0 N–H and O–H groups in total. The molecule has 10 aromatic rings. The van der Waals surface area contributed by atoms with Crippen LogP contribution in [0, 0.1) is 0 Å². The largest absolute Gasteiger partial charge is 0.0622 e. The van der Waals surface area contributed by atoms with Crippen LogP contribution in [0.25, 0.3) is 98.0 Å². The lowest BCUT2D eigenvalue weighted by Crippen LogP contribution is -1.95. The molecule has 0 heterocycles. The third-order valence-corrected chi connectivity index (χ3v) is 10.2. The Kier molecular flexibility index (Phi) is 5.98. The molecular formula is C48H30. The van der Waals surface area contributed by atoms with Gasteiger partial charge in [0.1, 0.15) is 0 Å². The molecule has 0 aliphatic heterocycles. The molecule has 0 atom stereocenters. The number of rotatable bonds is 3. The van der Waals surface area contributed by atoms with Crippen molar-refractivity contribution in [3.8, 4) is 33.4 Å². The quantitative estimate of drug-likeness (QED) is 0.139. The molecule has 0 spiro atoms. The van der Waals surface area contributed by atoms with Gasteiger partial charge in [0.2, 0.25) is 0 Å². The summed E-state index contributed by atoms with van der Waals surface area (Å²) in [5.41, 5.74) is 7.56. The van der Waals surface area contributed by atoms with Crippen LogP contribution in [0.15, 0.2) is 182 Å². The number of benzene rings is 10. The minimum absolute atomic E-state index is 1.23. The maximum Gasteiger partial charge on any atom is -0.00134 e. The van der Waals surface area contributed by atoms with Gasteiger partial charge in [-0.2, -0.15) is 0 Å². The van der Waals surface area contributed by atoms with Crippen molar-refractivity contribution in [3.05, 3.63) is 182 Å². The van der Waals surface area contributed by atoms with Crippen molar-refractivity contribution in [2.75, 3.05) is 0 Å². The summed E-state index contributed by atoms with van der Waals surface area (Å²) < 4.78 is 0. The van der Waals surface area contributed by atoms with E-state index in [0.29, 0.717) is 0 Å². The van der Waals surface area contributed by atoms with Gasteiger partial charge in [-0.3, -0.25) is 0 Å². The van der Waals surface area contributed by atoms with Crippen LogP contribution in [-0.4, -0.2) is 0 Å². The van der Waals surface area contributed by atoms with Gasteiger partial charge in [-0.25, -0.2) is 0 Å². The molecule has 0 bridgehead atoms. The molecule has 0 unspecified atom stereocenters. The van der Waals surface area contributed by atoms with Gasteiger partial charge in [0.15, 0.2) is 0 Å². The fourth-order valence-corrected chi connectivity index (χ4v) is 8.18. The third-order valence-electron chi connectivity index (χ3n) is 10.2. The minimum Gasteiger partial charge on any atom is -0.0622 e. The third kappa shape index (κ3) is 3.96. The Morgan fingerprint density at radius 3 is 1.40 bits per heavy atom. The van der Waals surface area contributed by atoms with E-state index in [1.165, 1.54) is 98.0 Å². The molecule has 222 valence electrons. The molecular weight excluding hydrogens is 577 g/mol. The van der Waals surface area contributed by atoms with Gasteiger partial charge in [-0.1, -0.05) is 170 Å². The zero-order chi connectivity index (χ0) is 31.6. The van der Waals surface area contributed by atoms with E-state index in [9.17, 15) is 0 Å². The van der Waals surface area contributed by atoms with Crippen molar-refractivity contribution in [1.29, 1.82) is 0 Å². The molecule has 10 rings (SSSR count). The molecule has 0 fully saturated rings. The summed E-state index contributed by atoms with van der Waals surface area (Å²) in [7, 11) is 0. The normalized spacial score (nSPS) is 11.8. The SMILES string of the molecule is c1ccc(-c2cc3c(-c4ccccc4)c4ccccc4c(-c4cc5ccc6ccccc6c5c5ccccc45)c3c3ccccc23)cc1. The molecule has 48 heavy (non-hydrogen) atoms. The van der Waals surface area contributed by atoms with Gasteiger partial charge < -0.3 is 0 Å². The van der Waals surface area contributed by atoms with E-state index < -0.39 is 0 Å². The average Bonchev–Trinajstić information content (AvgIpc) is 3.17. The van der Waals surface area contributed by atoms with Gasteiger partial charge in [0.25, 0.3) is 0 Å². The van der Waals surface area contributed by atoms with Gasteiger partial charge >= 0.3 is 0 Å². The van der Waals surface area contributed by atoms with E-state index in [2.05, 4.69) is 182 Å². The van der Waals surface area contributed by atoms with Crippen molar-refractivity contribution in [1.82, 2.24) is 0 Å². The predicted octanol–water partition coefficient (Wildman–Crippen LogP) is 13.6. The zero-order valence-corrected chi connectivity index (χ0v) is 26.3. The van der Waals surface area contributed by atoms with Crippen LogP contribution < -0.4 is 0 Å². The van der Waals surface area contributed by atoms with E-state index >= 15 is 0 Å². The van der Waals surface area contributed by atoms with Crippen LogP contribution in [0.4, 0.5) is 0 Å². The maximum atomic E-state index is 2.46. The Hall–Kier alpha value is -6.24.